The molecule has 0 radical (unpaired) electrons. The monoisotopic (exact) mass is 450 g/mol. The zero-order valence-electron chi connectivity index (χ0n) is 19.4. The predicted molar refractivity (Wildman–Crippen MR) is 131 cm³/mol. The van der Waals surface area contributed by atoms with E-state index in [0.717, 1.165) is 66.6 Å². The van der Waals surface area contributed by atoms with Crippen molar-refractivity contribution in [2.75, 3.05) is 32.1 Å². The summed E-state index contributed by atoms with van der Waals surface area (Å²) in [4.78, 5) is 9.56. The minimum atomic E-state index is 0.639. The predicted octanol–water partition coefficient (Wildman–Crippen LogP) is 3.56. The summed E-state index contributed by atoms with van der Waals surface area (Å²) < 4.78 is 4.27. The van der Waals surface area contributed by atoms with E-state index in [1.165, 1.54) is 5.56 Å². The Bertz CT molecular complexity index is 1380. The van der Waals surface area contributed by atoms with E-state index in [1.807, 2.05) is 35.0 Å². The Kier molecular flexibility index (Phi) is 4.93. The Morgan fingerprint density at radius 1 is 1.06 bits per heavy atom. The number of benzene rings is 1. The van der Waals surface area contributed by atoms with Crippen LogP contribution in [0.3, 0.4) is 0 Å². The number of hydrogen-bond acceptors (Lipinski definition) is 6. The summed E-state index contributed by atoms with van der Waals surface area (Å²) >= 11 is 0. The molecule has 0 spiro atoms. The Balaban J connectivity index is 1.36. The van der Waals surface area contributed by atoms with E-state index in [0.29, 0.717) is 11.6 Å². The van der Waals surface area contributed by atoms with Gasteiger partial charge in [-0.05, 0) is 56.8 Å². The molecule has 0 amide bonds. The molecule has 0 saturated carbocycles. The standard InChI is InChI=1S/C26H26N8/c1-31(2)22-7-9-32(10-8-22)25-12-21-16-33-15-20(19-5-3-18(13-27)4-6-19)11-23(33)26-30-29-17-34(26)24(21)14-28-25/h3-6,11-12,14-15,17,22H,7-10,16H2,1-2H3. The summed E-state index contributed by atoms with van der Waals surface area (Å²) in [7, 11) is 4.33. The van der Waals surface area contributed by atoms with E-state index in [2.05, 4.69) is 63.1 Å². The molecule has 34 heavy (non-hydrogen) atoms. The molecule has 1 fully saturated rings. The molecule has 0 unspecified atom stereocenters. The van der Waals surface area contributed by atoms with Gasteiger partial charge in [0, 0.05) is 43.0 Å². The molecule has 1 saturated heterocycles. The minimum absolute atomic E-state index is 0.639. The SMILES string of the molecule is CN(C)C1CCN(c2cc3c(cn2)-n2cnnc2-c2cc(-c4ccc(C#N)cc4)cn2C3)CC1. The van der Waals surface area contributed by atoms with Crippen molar-refractivity contribution in [1.29, 1.82) is 5.26 Å². The van der Waals surface area contributed by atoms with Crippen LogP contribution in [0.1, 0.15) is 24.0 Å². The molecule has 170 valence electrons. The Labute approximate surface area is 198 Å². The molecule has 2 aliphatic heterocycles. The lowest BCUT2D eigenvalue weighted by Gasteiger charge is -2.36. The van der Waals surface area contributed by atoms with E-state index >= 15 is 0 Å². The molecule has 1 aromatic carbocycles. The summed E-state index contributed by atoms with van der Waals surface area (Å²) in [5.74, 6) is 1.84. The van der Waals surface area contributed by atoms with Crippen LogP contribution in [0.5, 0.6) is 0 Å². The number of pyridine rings is 1. The van der Waals surface area contributed by atoms with Gasteiger partial charge in [-0.2, -0.15) is 5.26 Å². The van der Waals surface area contributed by atoms with Gasteiger partial charge >= 0.3 is 0 Å². The number of anilines is 1. The molecule has 0 bridgehead atoms. The van der Waals surface area contributed by atoms with Crippen LogP contribution < -0.4 is 4.90 Å². The van der Waals surface area contributed by atoms with Gasteiger partial charge in [0.2, 0.25) is 0 Å². The third-order valence-electron chi connectivity index (χ3n) is 7.09. The molecular weight excluding hydrogens is 424 g/mol. The van der Waals surface area contributed by atoms with Gasteiger partial charge in [-0.3, -0.25) is 4.57 Å². The van der Waals surface area contributed by atoms with Crippen molar-refractivity contribution < 1.29 is 0 Å². The highest BCUT2D eigenvalue weighted by Gasteiger charge is 2.25. The molecule has 8 nitrogen and oxygen atoms in total. The lowest BCUT2D eigenvalue weighted by Crippen LogP contribution is -2.42. The van der Waals surface area contributed by atoms with E-state index < -0.39 is 0 Å². The Morgan fingerprint density at radius 3 is 2.59 bits per heavy atom. The van der Waals surface area contributed by atoms with E-state index in [1.54, 1.807) is 6.33 Å². The average Bonchev–Trinajstić information content (AvgIpc) is 3.49. The van der Waals surface area contributed by atoms with Crippen molar-refractivity contribution in [2.24, 2.45) is 0 Å². The first-order valence-electron chi connectivity index (χ1n) is 11.6. The van der Waals surface area contributed by atoms with Crippen LogP contribution in [-0.4, -0.2) is 62.4 Å². The summed E-state index contributed by atoms with van der Waals surface area (Å²) in [6.45, 7) is 2.77. The van der Waals surface area contributed by atoms with E-state index in [4.69, 9.17) is 10.2 Å². The molecule has 3 aromatic heterocycles. The molecule has 5 heterocycles. The first-order chi connectivity index (χ1) is 16.6. The van der Waals surface area contributed by atoms with Crippen LogP contribution in [-0.2, 0) is 6.54 Å². The average molecular weight is 451 g/mol. The normalized spacial score (nSPS) is 15.4. The van der Waals surface area contributed by atoms with Crippen LogP contribution in [0.25, 0.3) is 28.3 Å². The highest BCUT2D eigenvalue weighted by Crippen LogP contribution is 2.34. The van der Waals surface area contributed by atoms with Gasteiger partial charge in [-0.25, -0.2) is 4.98 Å². The summed E-state index contributed by atoms with van der Waals surface area (Å²) in [5.41, 5.74) is 6.06. The summed E-state index contributed by atoms with van der Waals surface area (Å²) in [6.07, 6.45) is 8.19. The van der Waals surface area contributed by atoms with Crippen molar-refractivity contribution >= 4 is 5.82 Å². The Hall–Kier alpha value is -3.96. The molecule has 2 aliphatic rings. The van der Waals surface area contributed by atoms with Gasteiger partial charge < -0.3 is 14.4 Å². The van der Waals surface area contributed by atoms with Crippen LogP contribution in [0.2, 0.25) is 0 Å². The lowest BCUT2D eigenvalue weighted by molar-refractivity contribution is 0.249. The van der Waals surface area contributed by atoms with Gasteiger partial charge in [0.15, 0.2) is 5.82 Å². The number of fused-ring (bicyclic) bond motifs is 5. The topological polar surface area (TPSA) is 78.8 Å². The van der Waals surface area contributed by atoms with Crippen molar-refractivity contribution in [1.82, 2.24) is 29.2 Å². The van der Waals surface area contributed by atoms with Crippen LogP contribution in [0, 0.1) is 11.3 Å². The fraction of sp³-hybridized carbons (Fsp3) is 0.308. The number of rotatable bonds is 3. The van der Waals surface area contributed by atoms with Crippen LogP contribution in [0.15, 0.2) is 55.1 Å². The smallest absolute Gasteiger partial charge is 0.185 e. The van der Waals surface area contributed by atoms with Gasteiger partial charge in [-0.1, -0.05) is 12.1 Å². The fourth-order valence-corrected chi connectivity index (χ4v) is 5.10. The molecule has 0 N–H and O–H groups in total. The fourth-order valence-electron chi connectivity index (χ4n) is 5.10. The Morgan fingerprint density at radius 2 is 1.85 bits per heavy atom. The van der Waals surface area contributed by atoms with Crippen molar-refractivity contribution in [2.45, 2.75) is 25.4 Å². The first kappa shape index (κ1) is 20.6. The van der Waals surface area contributed by atoms with Crippen molar-refractivity contribution in [3.63, 3.8) is 0 Å². The molecule has 4 aromatic rings. The van der Waals surface area contributed by atoms with Crippen molar-refractivity contribution in [3.05, 3.63) is 66.2 Å². The lowest BCUT2D eigenvalue weighted by atomic mass is 10.0. The number of nitriles is 1. The number of aromatic nitrogens is 5. The number of nitrogens with zero attached hydrogens (tertiary/aromatic N) is 8. The quantitative estimate of drug-likeness (QED) is 0.418. The summed E-state index contributed by atoms with van der Waals surface area (Å²) in [5, 5.41) is 17.8. The van der Waals surface area contributed by atoms with Gasteiger partial charge in [0.1, 0.15) is 12.1 Å². The maximum Gasteiger partial charge on any atom is 0.185 e. The highest BCUT2D eigenvalue weighted by atomic mass is 15.3. The van der Waals surface area contributed by atoms with Crippen LogP contribution in [0.4, 0.5) is 5.82 Å². The zero-order valence-corrected chi connectivity index (χ0v) is 19.4. The zero-order chi connectivity index (χ0) is 23.2. The van der Waals surface area contributed by atoms with E-state index in [9.17, 15) is 0 Å². The van der Waals surface area contributed by atoms with Gasteiger partial charge in [-0.15, -0.1) is 10.2 Å². The van der Waals surface area contributed by atoms with Crippen molar-refractivity contribution in [3.8, 4) is 34.4 Å². The third-order valence-corrected chi connectivity index (χ3v) is 7.09. The van der Waals surface area contributed by atoms with Gasteiger partial charge in [0.25, 0.3) is 0 Å². The molecule has 6 rings (SSSR count). The second kappa shape index (κ2) is 8.12. The largest absolute Gasteiger partial charge is 0.356 e. The van der Waals surface area contributed by atoms with Crippen LogP contribution >= 0.6 is 0 Å². The number of hydrogen-bond donors (Lipinski definition) is 0. The highest BCUT2D eigenvalue weighted by molar-refractivity contribution is 5.72. The third kappa shape index (κ3) is 3.45. The molecular formula is C26H26N8. The molecule has 8 heteroatoms. The maximum atomic E-state index is 9.11. The molecule has 0 atom stereocenters. The first-order valence-corrected chi connectivity index (χ1v) is 11.6. The minimum Gasteiger partial charge on any atom is -0.356 e. The van der Waals surface area contributed by atoms with Gasteiger partial charge in [0.05, 0.1) is 29.2 Å². The summed E-state index contributed by atoms with van der Waals surface area (Å²) in [6, 6.07) is 14.9. The second-order valence-corrected chi connectivity index (χ2v) is 9.31. The maximum absolute atomic E-state index is 9.11. The second-order valence-electron chi connectivity index (χ2n) is 9.31. The molecule has 0 aliphatic carbocycles. The van der Waals surface area contributed by atoms with E-state index in [-0.39, 0.29) is 0 Å². The number of piperidine rings is 1.